The van der Waals surface area contributed by atoms with E-state index in [1.165, 1.54) is 6.16 Å². The monoisotopic (exact) mass is 148 g/mol. The zero-order valence-corrected chi connectivity index (χ0v) is 7.57. The summed E-state index contributed by atoms with van der Waals surface area (Å²) in [6.45, 7) is 7.07. The highest BCUT2D eigenvalue weighted by Gasteiger charge is 2.07. The smallest absolute Gasteiger partial charge is 0.0434 e. The van der Waals surface area contributed by atoms with Gasteiger partial charge in [-0.2, -0.15) is 0 Å². The Morgan fingerprint density at radius 2 is 1.89 bits per heavy atom. The fourth-order valence-electron chi connectivity index (χ4n) is 0.542. The lowest BCUT2D eigenvalue weighted by molar-refractivity contribution is 0.296. The average Bonchev–Trinajstić information content (AvgIpc) is 1.63. The molecule has 0 radical (unpaired) electrons. The normalized spacial score (nSPS) is 13.3. The SMILES string of the molecule is CC(C)(C)PCCCO. The molecule has 0 fully saturated rings. The molecule has 0 aliphatic carbocycles. The Hall–Kier alpha value is 0.390. The summed E-state index contributed by atoms with van der Waals surface area (Å²) >= 11 is 0. The predicted molar refractivity (Wildman–Crippen MR) is 44.6 cm³/mol. The van der Waals surface area contributed by atoms with E-state index in [2.05, 4.69) is 20.8 Å². The van der Waals surface area contributed by atoms with Gasteiger partial charge in [-0.25, -0.2) is 0 Å². The van der Waals surface area contributed by atoms with Crippen molar-refractivity contribution in [1.29, 1.82) is 0 Å². The van der Waals surface area contributed by atoms with E-state index in [4.69, 9.17) is 5.11 Å². The van der Waals surface area contributed by atoms with Gasteiger partial charge in [0.15, 0.2) is 0 Å². The molecule has 0 heterocycles. The Balaban J connectivity index is 3.07. The first-order chi connectivity index (χ1) is 4.06. The van der Waals surface area contributed by atoms with Gasteiger partial charge in [0, 0.05) is 6.61 Å². The molecule has 1 unspecified atom stereocenters. The van der Waals surface area contributed by atoms with Crippen molar-refractivity contribution in [3.63, 3.8) is 0 Å². The second-order valence-corrected chi connectivity index (χ2v) is 5.61. The van der Waals surface area contributed by atoms with Crippen LogP contribution in [0.4, 0.5) is 0 Å². The van der Waals surface area contributed by atoms with Crippen molar-refractivity contribution in [3.8, 4) is 0 Å². The van der Waals surface area contributed by atoms with Crippen LogP contribution in [0.25, 0.3) is 0 Å². The van der Waals surface area contributed by atoms with Crippen LogP contribution >= 0.6 is 8.58 Å². The molecule has 56 valence electrons. The molecule has 2 heteroatoms. The van der Waals surface area contributed by atoms with E-state index in [0.29, 0.717) is 11.8 Å². The van der Waals surface area contributed by atoms with Gasteiger partial charge in [0.25, 0.3) is 0 Å². The molecular formula is C7H17OP. The minimum Gasteiger partial charge on any atom is -0.396 e. The molecule has 0 bridgehead atoms. The van der Waals surface area contributed by atoms with Gasteiger partial charge >= 0.3 is 0 Å². The maximum Gasteiger partial charge on any atom is 0.0434 e. The third-order valence-corrected chi connectivity index (χ3v) is 2.65. The summed E-state index contributed by atoms with van der Waals surface area (Å²) in [6.07, 6.45) is 2.15. The fraction of sp³-hybridized carbons (Fsp3) is 1.00. The second-order valence-electron chi connectivity index (χ2n) is 3.25. The van der Waals surface area contributed by atoms with Crippen LogP contribution in [0, 0.1) is 0 Å². The standard InChI is InChI=1S/C7H17OP/c1-7(2,3)9-6-4-5-8/h8-9H,4-6H2,1-3H3. The van der Waals surface area contributed by atoms with Gasteiger partial charge in [0.2, 0.25) is 0 Å². The van der Waals surface area contributed by atoms with Crippen LogP contribution in [-0.4, -0.2) is 23.0 Å². The Labute approximate surface area is 59.6 Å². The number of aliphatic hydroxyl groups is 1. The molecular weight excluding hydrogens is 131 g/mol. The van der Waals surface area contributed by atoms with Crippen molar-refractivity contribution in [1.82, 2.24) is 0 Å². The van der Waals surface area contributed by atoms with Crippen LogP contribution in [0.5, 0.6) is 0 Å². The molecule has 0 amide bonds. The summed E-state index contributed by atoms with van der Waals surface area (Å²) in [5.74, 6) is 0. The number of rotatable bonds is 3. The van der Waals surface area contributed by atoms with Crippen LogP contribution in [0.15, 0.2) is 0 Å². The van der Waals surface area contributed by atoms with Crippen LogP contribution in [0.3, 0.4) is 0 Å². The topological polar surface area (TPSA) is 20.2 Å². The Bertz CT molecular complexity index is 65.8. The summed E-state index contributed by atoms with van der Waals surface area (Å²) in [6, 6.07) is 0. The van der Waals surface area contributed by atoms with Crippen molar-refractivity contribution in [2.24, 2.45) is 0 Å². The lowest BCUT2D eigenvalue weighted by atomic mass is 10.3. The molecule has 1 N–H and O–H groups in total. The summed E-state index contributed by atoms with van der Waals surface area (Å²) in [5.41, 5.74) is 0. The van der Waals surface area contributed by atoms with Gasteiger partial charge in [-0.3, -0.25) is 0 Å². The molecule has 0 saturated heterocycles. The molecule has 0 rings (SSSR count). The van der Waals surface area contributed by atoms with Gasteiger partial charge in [-0.05, 0) is 17.7 Å². The van der Waals surface area contributed by atoms with Crippen molar-refractivity contribution in [2.75, 3.05) is 12.8 Å². The summed E-state index contributed by atoms with van der Waals surface area (Å²) in [7, 11) is 0.988. The zero-order valence-electron chi connectivity index (χ0n) is 6.57. The maximum atomic E-state index is 8.47. The molecule has 0 aromatic rings. The van der Waals surface area contributed by atoms with Gasteiger partial charge in [0.05, 0.1) is 0 Å². The van der Waals surface area contributed by atoms with E-state index in [1.54, 1.807) is 0 Å². The lowest BCUT2D eigenvalue weighted by Gasteiger charge is -2.17. The Morgan fingerprint density at radius 3 is 2.22 bits per heavy atom. The predicted octanol–water partition coefficient (Wildman–Crippen LogP) is 1.85. The Morgan fingerprint density at radius 1 is 1.33 bits per heavy atom. The van der Waals surface area contributed by atoms with E-state index >= 15 is 0 Å². The molecule has 0 aromatic carbocycles. The second kappa shape index (κ2) is 4.24. The zero-order chi connectivity index (χ0) is 7.33. The maximum absolute atomic E-state index is 8.47. The molecule has 0 aromatic heterocycles. The van der Waals surface area contributed by atoms with Gasteiger partial charge in [0.1, 0.15) is 0 Å². The van der Waals surface area contributed by atoms with Crippen LogP contribution in [0.2, 0.25) is 0 Å². The third-order valence-electron chi connectivity index (χ3n) is 0.990. The van der Waals surface area contributed by atoms with Crippen molar-refractivity contribution in [2.45, 2.75) is 32.3 Å². The molecule has 1 atom stereocenters. The minimum absolute atomic E-state index is 0.350. The highest BCUT2D eigenvalue weighted by atomic mass is 31.1. The largest absolute Gasteiger partial charge is 0.396 e. The molecule has 0 saturated carbocycles. The quantitative estimate of drug-likeness (QED) is 0.478. The van der Waals surface area contributed by atoms with Crippen molar-refractivity contribution in [3.05, 3.63) is 0 Å². The molecule has 9 heavy (non-hydrogen) atoms. The molecule has 1 nitrogen and oxygen atoms in total. The van der Waals surface area contributed by atoms with E-state index in [0.717, 1.165) is 15.0 Å². The highest BCUT2D eigenvalue weighted by Crippen LogP contribution is 2.30. The molecule has 0 aliphatic rings. The van der Waals surface area contributed by atoms with Crippen LogP contribution in [0.1, 0.15) is 27.2 Å². The first kappa shape index (κ1) is 9.39. The number of hydrogen-bond acceptors (Lipinski definition) is 1. The van der Waals surface area contributed by atoms with Gasteiger partial charge in [-0.15, -0.1) is 8.58 Å². The highest BCUT2D eigenvalue weighted by molar-refractivity contribution is 7.39. The van der Waals surface area contributed by atoms with E-state index in [-0.39, 0.29) is 0 Å². The number of hydrogen-bond donors (Lipinski definition) is 1. The van der Waals surface area contributed by atoms with Crippen LogP contribution < -0.4 is 0 Å². The summed E-state index contributed by atoms with van der Waals surface area (Å²) in [4.78, 5) is 0. The van der Waals surface area contributed by atoms with E-state index < -0.39 is 0 Å². The minimum atomic E-state index is 0.350. The average molecular weight is 148 g/mol. The van der Waals surface area contributed by atoms with E-state index in [1.807, 2.05) is 0 Å². The van der Waals surface area contributed by atoms with Gasteiger partial charge < -0.3 is 5.11 Å². The number of aliphatic hydroxyl groups excluding tert-OH is 1. The Kier molecular flexibility index (Phi) is 4.43. The summed E-state index contributed by atoms with van der Waals surface area (Å²) in [5, 5.41) is 8.93. The molecule has 0 aliphatic heterocycles. The van der Waals surface area contributed by atoms with Gasteiger partial charge in [-0.1, -0.05) is 20.8 Å². The van der Waals surface area contributed by atoms with Crippen molar-refractivity contribution >= 4 is 8.58 Å². The van der Waals surface area contributed by atoms with E-state index in [9.17, 15) is 0 Å². The first-order valence-corrected chi connectivity index (χ1v) is 4.63. The summed E-state index contributed by atoms with van der Waals surface area (Å²) < 4.78 is 0. The first-order valence-electron chi connectivity index (χ1n) is 3.42. The van der Waals surface area contributed by atoms with Crippen LogP contribution in [-0.2, 0) is 0 Å². The molecule has 0 spiro atoms. The lowest BCUT2D eigenvalue weighted by Crippen LogP contribution is -2.06. The third kappa shape index (κ3) is 8.39. The van der Waals surface area contributed by atoms with Crippen molar-refractivity contribution < 1.29 is 5.11 Å². The fourth-order valence-corrected chi connectivity index (χ4v) is 1.63.